The Balaban J connectivity index is 0.000000184. The van der Waals surface area contributed by atoms with Gasteiger partial charge in [0.25, 0.3) is 6.47 Å². The number of carbonyl (C=O) groups excluding carboxylic acids is 2. The van der Waals surface area contributed by atoms with Crippen LogP contribution in [-0.2, 0) is 339 Å². The zero-order chi connectivity index (χ0) is 84.9. The van der Waals surface area contributed by atoms with Gasteiger partial charge < -0.3 is 44.3 Å². The Labute approximate surface area is 860 Å². The van der Waals surface area contributed by atoms with Crippen LogP contribution in [0, 0.1) is 26.6 Å². The molecule has 0 saturated carbocycles. The minimum atomic E-state index is -0.427. The topological polar surface area (TPSA) is 115 Å². The minimum Gasteiger partial charge on any atom is -0.462 e. The molecule has 666 valence electrons. The van der Waals surface area contributed by atoms with Crippen molar-refractivity contribution >= 4 is 435 Å². The predicted octanol–water partition coefficient (Wildman–Crippen LogP) is 11.4. The number of amides is 1. The molecule has 10 fully saturated rings. The van der Waals surface area contributed by atoms with Crippen molar-refractivity contribution in [1.82, 2.24) is 25.3 Å². The summed E-state index contributed by atoms with van der Waals surface area (Å²) in [6.45, 7) is 24.3. The molecule has 8 atom stereocenters. The van der Waals surface area contributed by atoms with E-state index in [9.17, 15) is 9.59 Å². The van der Waals surface area contributed by atoms with Crippen LogP contribution in [-0.4, -0.2) is 178 Å². The van der Waals surface area contributed by atoms with Crippen molar-refractivity contribution in [3.8, 4) is 12.3 Å². The molecule has 4 aromatic carbocycles. The third-order valence-electron chi connectivity index (χ3n) is 18.2. The average Bonchev–Trinajstić information content (AvgIpc) is 1.65. The monoisotopic (exact) mass is 2720 g/mol. The van der Waals surface area contributed by atoms with Crippen LogP contribution in [0.3, 0.4) is 0 Å². The predicted molar refractivity (Wildman–Crippen MR) is 630 cm³/mol. The van der Waals surface area contributed by atoms with E-state index in [0.29, 0.717) is 30.6 Å². The van der Waals surface area contributed by atoms with E-state index >= 15 is 0 Å². The summed E-state index contributed by atoms with van der Waals surface area (Å²) < 4.78 is 26.0. The summed E-state index contributed by atoms with van der Waals surface area (Å²) in [6.07, 6.45) is 15.6. The molecule has 14 rings (SSSR count). The quantitative estimate of drug-likeness (QED) is 0.108. The van der Waals surface area contributed by atoms with Crippen molar-refractivity contribution in [2.75, 3.05) is 93.5 Å². The van der Waals surface area contributed by atoms with Gasteiger partial charge in [-0.25, -0.2) is 4.79 Å². The maximum atomic E-state index is 12.4. The highest BCUT2D eigenvalue weighted by Crippen LogP contribution is 2.39. The highest BCUT2D eigenvalue weighted by molar-refractivity contribution is 14.1. The molecular weight excluding hydrogens is 2630 g/mol. The van der Waals surface area contributed by atoms with Crippen molar-refractivity contribution in [3.05, 3.63) is 117 Å². The van der Waals surface area contributed by atoms with E-state index in [-0.39, 0.29) is 23.8 Å². The number of nitrogens with one attached hydrogen (secondary N) is 2. The van der Waals surface area contributed by atoms with Gasteiger partial charge in [0.2, 0.25) is 0 Å². The SMILES string of the molecule is C#Cc1ccc(N2CC3CCC(C2)N3C2COC2)cc1.C1CC2CNCC1N2.CC(C)(C)OC(=O)N1C2CCC1CN(c1ccc(I)cc1)C2.CC(C)(C)OC=O.Ic1ccc(I)cc1.Ic1ccc(N2CC3CCC(C2)N3C2COC2)cc1.S=S=S=S=S=S=S=S=S=S=S=S=S=S=S=S=S=S=S=S=S=S=S=S=S=S=S=S=S=S=S=S=S=S=S. The Morgan fingerprint density at radius 2 is 0.664 bits per heavy atom. The molecule has 0 radical (unpaired) electrons. The second-order valence-corrected chi connectivity index (χ2v) is 91.3. The summed E-state index contributed by atoms with van der Waals surface area (Å²) in [5.74, 6) is 2.68. The van der Waals surface area contributed by atoms with Gasteiger partial charge in [-0.05, 0) is 280 Å². The van der Waals surface area contributed by atoms with Crippen molar-refractivity contribution in [2.24, 2.45) is 0 Å². The molecule has 53 heteroatoms. The van der Waals surface area contributed by atoms with E-state index in [1.807, 2.05) is 227 Å². The van der Waals surface area contributed by atoms with Crippen LogP contribution in [0.2, 0.25) is 0 Å². The Morgan fingerprint density at radius 3 is 0.891 bits per heavy atom. The van der Waals surface area contributed by atoms with Gasteiger partial charge in [0.05, 0.1) is 50.6 Å². The van der Waals surface area contributed by atoms with Crippen LogP contribution < -0.4 is 25.3 Å². The highest BCUT2D eigenvalue weighted by atomic mass is 127. The van der Waals surface area contributed by atoms with Gasteiger partial charge in [0.15, 0.2) is 0 Å². The van der Waals surface area contributed by atoms with Crippen molar-refractivity contribution in [1.29, 1.82) is 0 Å². The maximum Gasteiger partial charge on any atom is 0.410 e. The molecule has 10 aliphatic rings. The Hall–Kier alpha value is 4.96. The molecule has 8 unspecified atom stereocenters. The number of nitrogens with zero attached hydrogens (tertiary/aromatic N) is 6. The van der Waals surface area contributed by atoms with E-state index in [1.54, 1.807) is 107 Å². The number of hydrogen-bond acceptors (Lipinski definition) is 15. The van der Waals surface area contributed by atoms with E-state index in [1.165, 1.54) is 114 Å². The van der Waals surface area contributed by atoms with E-state index in [4.69, 9.17) is 43.0 Å². The molecule has 4 aromatic rings. The van der Waals surface area contributed by atoms with Crippen LogP contribution >= 0.6 is 90.4 Å². The lowest BCUT2D eigenvalue weighted by Gasteiger charge is -2.48. The summed E-state index contributed by atoms with van der Waals surface area (Å²) in [4.78, 5) is 37.0. The second-order valence-electron chi connectivity index (χ2n) is 28.0. The zero-order valence-corrected chi connectivity index (χ0v) is 101. The van der Waals surface area contributed by atoms with Crippen LogP contribution in [0.5, 0.6) is 0 Å². The van der Waals surface area contributed by atoms with Crippen LogP contribution in [0.15, 0.2) is 97.1 Å². The number of rotatable bonds is 6. The molecule has 119 heavy (non-hydrogen) atoms. The summed E-state index contributed by atoms with van der Waals surface area (Å²) in [5.41, 5.74) is 4.17. The molecule has 10 heterocycles. The molecule has 1 amide bonds. The van der Waals surface area contributed by atoms with Crippen molar-refractivity contribution in [3.63, 3.8) is 0 Å². The average molecular weight is 2720 g/mol. The van der Waals surface area contributed by atoms with Crippen LogP contribution in [0.1, 0.15) is 98.5 Å². The highest BCUT2D eigenvalue weighted by Gasteiger charge is 2.48. The first-order valence-corrected chi connectivity index (χ1v) is 85.6. The van der Waals surface area contributed by atoms with Gasteiger partial charge in [-0.2, -0.15) is 0 Å². The van der Waals surface area contributed by atoms with E-state index < -0.39 is 5.60 Å². The van der Waals surface area contributed by atoms with Gasteiger partial charge in [0.1, 0.15) is 11.2 Å². The Morgan fingerprint density at radius 1 is 0.403 bits per heavy atom. The first kappa shape index (κ1) is 109. The lowest BCUT2D eigenvalue weighted by atomic mass is 10.1. The van der Waals surface area contributed by atoms with Gasteiger partial charge in [-0.1, -0.05) is 5.92 Å². The van der Waals surface area contributed by atoms with Gasteiger partial charge in [-0.3, -0.25) is 19.5 Å². The van der Waals surface area contributed by atoms with E-state index in [2.05, 4.69) is 221 Å². The molecule has 8 bridgehead atoms. The lowest BCUT2D eigenvalue weighted by molar-refractivity contribution is -0.138. The number of ether oxygens (including phenoxy) is 4. The first-order valence-electron chi connectivity index (χ1n) is 36.0. The van der Waals surface area contributed by atoms with Crippen LogP contribution in [0.4, 0.5) is 21.9 Å². The number of halogens is 4. The summed E-state index contributed by atoms with van der Waals surface area (Å²) in [7, 11) is 58.2. The smallest absolute Gasteiger partial charge is 0.410 e. The van der Waals surface area contributed by atoms with Crippen LogP contribution in [0.25, 0.3) is 0 Å². The van der Waals surface area contributed by atoms with Gasteiger partial charge >= 0.3 is 6.09 Å². The summed E-state index contributed by atoms with van der Waals surface area (Å²) in [5, 5.41) is 6.91. The zero-order valence-electron chi connectivity index (χ0n) is 64.2. The number of anilines is 3. The Kier molecular flexibility index (Phi) is 58.8. The second kappa shape index (κ2) is 64.1. The Bertz CT molecular complexity index is 5510. The largest absolute Gasteiger partial charge is 0.462 e. The molecular formula is C66H88I4N8O6S35. The van der Waals surface area contributed by atoms with Gasteiger partial charge in [-0.15, -0.1) is 6.42 Å². The fourth-order valence-electron chi connectivity index (χ4n) is 13.7. The fourth-order valence-corrected chi connectivity index (χ4v) is 100. The number of carbonyl (C=O) groups is 2. The number of hydrogen-bond donors (Lipinski definition) is 2. The molecule has 0 aromatic heterocycles. The van der Waals surface area contributed by atoms with Crippen molar-refractivity contribution in [2.45, 2.75) is 165 Å². The molecule has 10 saturated heterocycles. The number of piperazine rings is 4. The summed E-state index contributed by atoms with van der Waals surface area (Å²) >= 11 is 18.9. The molecule has 14 nitrogen and oxygen atoms in total. The third kappa shape index (κ3) is 44.1. The number of benzene rings is 4. The standard InChI is InChI=1S/C17H23IN2O2.C17H20N2O.C15H19IN2O.C6H4I2.C6H12N2.C5H10O2.S35/c1-17(2,3)22-16(21)20-14-8-9-15(20)11-19(10-14)13-6-4-12(18)5-7-13;1-2-13-3-5-14(6-4-13)18-9-15-7-8-16(10-18)19(15)17-11-20-12-17;16-11-1-3-12(4-2-11)17-7-13-5-6-14(8-17)18(13)15-9-19-10-15;7-5-1-2-6(8)4-3-5;1-2-6-4-7-3-5(1)8-6;1-5(2,3)7-4-6;1-3-5-7-9-11-13-15-17-19-21-23-25-27-29-31-33-35-34-32-30-28-26-24-22-20-18-16-14-12-10-8-6-4-2/h4-7,14-15H,8-11H2,1-3H3;1,3-6,15-17H,7-12H2;1-4,13-15H,5-10H2;1-4H;5-8H,1-4H2;4H,1-3H3;. The number of terminal acetylenes is 1. The molecule has 0 spiro atoms. The minimum absolute atomic E-state index is 0.151. The first-order chi connectivity index (χ1) is 57.7. The number of fused-ring (bicyclic) bond motifs is 8. The summed E-state index contributed by atoms with van der Waals surface area (Å²) in [6, 6.07) is 40.8. The van der Waals surface area contributed by atoms with E-state index in [0.717, 1.165) is 95.2 Å². The maximum absolute atomic E-state index is 12.4. The molecule has 10 aliphatic heterocycles. The third-order valence-corrected chi connectivity index (χ3v) is 92.2. The normalized spacial score (nSPS) is 21.2. The lowest BCUT2D eigenvalue weighted by Crippen LogP contribution is -2.62. The molecule has 0 aliphatic carbocycles. The van der Waals surface area contributed by atoms with Gasteiger partial charge in [0, 0.05) is 441 Å². The fraction of sp³-hybridized carbons (Fsp3) is 0.576. The van der Waals surface area contributed by atoms with Crippen molar-refractivity contribution < 1.29 is 28.5 Å². The molecule has 2 N–H and O–H groups in total.